The minimum absolute atomic E-state index is 0.0440. The molecule has 0 aliphatic heterocycles. The molecule has 2 rings (SSSR count). The molecular formula is C20H18N2O7S2. The van der Waals surface area contributed by atoms with Crippen molar-refractivity contribution in [1.82, 2.24) is 4.72 Å². The molecule has 0 fully saturated rings. The predicted octanol–water partition coefficient (Wildman–Crippen LogP) is 1.64. The van der Waals surface area contributed by atoms with Crippen molar-refractivity contribution in [2.45, 2.75) is 11.3 Å². The highest BCUT2D eigenvalue weighted by molar-refractivity contribution is 7.89. The zero-order chi connectivity index (χ0) is 22.9. The molecule has 0 saturated carbocycles. The van der Waals surface area contributed by atoms with Gasteiger partial charge >= 0.3 is 0 Å². The molecule has 2 aromatic carbocycles. The Balaban J connectivity index is 1.96. The van der Waals surface area contributed by atoms with Crippen molar-refractivity contribution in [1.29, 1.82) is 0 Å². The molecule has 0 bridgehead atoms. The Morgan fingerprint density at radius 3 is 2.10 bits per heavy atom. The standard InChI is InChI=1S/C20H18N2O7S2/c1-30(25,26)29-16-6-10-18-8-3-2-7-17(18)9-4-5-15-21-31(27,28)20-13-11-19(12-14-20)22(23)24/h2-3,7-8,11-14,21H,5,15-16H2,1H3. The molecule has 0 unspecified atom stereocenters. The van der Waals surface area contributed by atoms with E-state index in [-0.39, 0.29) is 30.2 Å². The van der Waals surface area contributed by atoms with Crippen molar-refractivity contribution in [3.63, 3.8) is 0 Å². The lowest BCUT2D eigenvalue weighted by Crippen LogP contribution is -2.24. The molecule has 0 radical (unpaired) electrons. The molecule has 11 heteroatoms. The maximum atomic E-state index is 12.2. The largest absolute Gasteiger partial charge is 0.269 e. The number of nitrogens with zero attached hydrogens (tertiary/aromatic N) is 1. The fourth-order valence-corrected chi connectivity index (χ4v) is 3.51. The molecular weight excluding hydrogens is 444 g/mol. The van der Waals surface area contributed by atoms with Crippen molar-refractivity contribution < 1.29 is 25.9 Å². The molecule has 0 spiro atoms. The van der Waals surface area contributed by atoms with Crippen LogP contribution in [0.3, 0.4) is 0 Å². The first-order chi connectivity index (χ1) is 14.6. The number of rotatable bonds is 7. The average Bonchev–Trinajstić information content (AvgIpc) is 2.71. The summed E-state index contributed by atoms with van der Waals surface area (Å²) in [5.41, 5.74) is 0.987. The van der Waals surface area contributed by atoms with Gasteiger partial charge < -0.3 is 0 Å². The Morgan fingerprint density at radius 1 is 0.968 bits per heavy atom. The Labute approximate surface area is 180 Å². The van der Waals surface area contributed by atoms with Gasteiger partial charge in [-0.1, -0.05) is 35.8 Å². The van der Waals surface area contributed by atoms with Gasteiger partial charge in [-0.15, -0.1) is 0 Å². The minimum Gasteiger partial charge on any atom is -0.258 e. The average molecular weight is 463 g/mol. The molecule has 2 aromatic rings. The van der Waals surface area contributed by atoms with Gasteiger partial charge in [0.1, 0.15) is 6.61 Å². The molecule has 0 amide bonds. The number of nitro groups is 1. The number of hydrogen-bond acceptors (Lipinski definition) is 7. The molecule has 1 N–H and O–H groups in total. The lowest BCUT2D eigenvalue weighted by Gasteiger charge is -2.04. The summed E-state index contributed by atoms with van der Waals surface area (Å²) in [6.07, 6.45) is 1.15. The van der Waals surface area contributed by atoms with Gasteiger partial charge in [-0.2, -0.15) is 8.42 Å². The fraction of sp³-hybridized carbons (Fsp3) is 0.200. The van der Waals surface area contributed by atoms with E-state index in [4.69, 9.17) is 0 Å². The summed E-state index contributed by atoms with van der Waals surface area (Å²) >= 11 is 0. The quantitative estimate of drug-likeness (QED) is 0.217. The van der Waals surface area contributed by atoms with Crippen LogP contribution in [0, 0.1) is 33.8 Å². The zero-order valence-electron chi connectivity index (χ0n) is 16.4. The van der Waals surface area contributed by atoms with Gasteiger partial charge in [-0.05, 0) is 24.3 Å². The van der Waals surface area contributed by atoms with Crippen LogP contribution in [0.25, 0.3) is 0 Å². The number of sulfonamides is 1. The summed E-state index contributed by atoms with van der Waals surface area (Å²) in [5, 5.41) is 10.6. The molecule has 0 aromatic heterocycles. The Hall–Kier alpha value is -3.22. The van der Waals surface area contributed by atoms with Crippen LogP contribution in [0.2, 0.25) is 0 Å². The van der Waals surface area contributed by atoms with Gasteiger partial charge in [0, 0.05) is 36.2 Å². The topological polar surface area (TPSA) is 133 Å². The van der Waals surface area contributed by atoms with Crippen molar-refractivity contribution in [3.8, 4) is 23.7 Å². The number of nitrogens with one attached hydrogen (secondary N) is 1. The Bertz CT molecular complexity index is 1280. The summed E-state index contributed by atoms with van der Waals surface area (Å²) < 4.78 is 53.2. The van der Waals surface area contributed by atoms with Crippen LogP contribution in [0.1, 0.15) is 17.5 Å². The van der Waals surface area contributed by atoms with Gasteiger partial charge in [-0.25, -0.2) is 13.1 Å². The van der Waals surface area contributed by atoms with Crippen LogP contribution < -0.4 is 4.72 Å². The first kappa shape index (κ1) is 24.1. The highest BCUT2D eigenvalue weighted by Crippen LogP contribution is 2.15. The normalized spacial score (nSPS) is 11.0. The molecule has 0 heterocycles. The van der Waals surface area contributed by atoms with E-state index in [1.807, 2.05) is 0 Å². The highest BCUT2D eigenvalue weighted by Gasteiger charge is 2.14. The van der Waals surface area contributed by atoms with Gasteiger partial charge in [0.25, 0.3) is 15.8 Å². The molecule has 0 atom stereocenters. The SMILES string of the molecule is CS(=O)(=O)OCC#Cc1ccccc1C#CCCNS(=O)(=O)c1ccc([N+](=O)[O-])cc1. The second kappa shape index (κ2) is 10.7. The molecule has 31 heavy (non-hydrogen) atoms. The molecule has 9 nitrogen and oxygen atoms in total. The maximum absolute atomic E-state index is 12.2. The maximum Gasteiger partial charge on any atom is 0.269 e. The molecule has 0 aliphatic rings. The highest BCUT2D eigenvalue weighted by atomic mass is 32.2. The van der Waals surface area contributed by atoms with Crippen molar-refractivity contribution in [2.24, 2.45) is 0 Å². The van der Waals surface area contributed by atoms with E-state index < -0.39 is 25.1 Å². The van der Waals surface area contributed by atoms with E-state index in [2.05, 4.69) is 32.6 Å². The van der Waals surface area contributed by atoms with Crippen molar-refractivity contribution >= 4 is 25.8 Å². The van der Waals surface area contributed by atoms with Gasteiger partial charge in [-0.3, -0.25) is 14.3 Å². The fourth-order valence-electron chi connectivity index (χ4n) is 2.20. The summed E-state index contributed by atoms with van der Waals surface area (Å²) in [7, 11) is -7.37. The third kappa shape index (κ3) is 8.20. The Morgan fingerprint density at radius 2 is 1.55 bits per heavy atom. The summed E-state index contributed by atoms with van der Waals surface area (Å²) in [6.45, 7) is -0.229. The Kier molecular flexibility index (Phi) is 8.30. The zero-order valence-corrected chi connectivity index (χ0v) is 18.0. The van der Waals surface area contributed by atoms with E-state index in [1.165, 1.54) is 0 Å². The van der Waals surface area contributed by atoms with Crippen LogP contribution in [0.15, 0.2) is 53.4 Å². The second-order valence-corrected chi connectivity index (χ2v) is 9.43. The second-order valence-electron chi connectivity index (χ2n) is 6.01. The van der Waals surface area contributed by atoms with Gasteiger partial charge in [0.05, 0.1) is 16.1 Å². The van der Waals surface area contributed by atoms with Crippen molar-refractivity contribution in [2.75, 3.05) is 19.4 Å². The smallest absolute Gasteiger partial charge is 0.258 e. The van der Waals surface area contributed by atoms with Crippen LogP contribution in [0.4, 0.5) is 5.69 Å². The molecule has 0 aliphatic carbocycles. The predicted molar refractivity (Wildman–Crippen MR) is 114 cm³/mol. The van der Waals surface area contributed by atoms with E-state index in [0.717, 1.165) is 30.5 Å². The first-order valence-corrected chi connectivity index (χ1v) is 12.0. The van der Waals surface area contributed by atoms with E-state index in [9.17, 15) is 26.9 Å². The van der Waals surface area contributed by atoms with Gasteiger partial charge in [0.2, 0.25) is 10.0 Å². The third-order valence-electron chi connectivity index (χ3n) is 3.62. The van der Waals surface area contributed by atoms with E-state index >= 15 is 0 Å². The van der Waals surface area contributed by atoms with Crippen LogP contribution in [0.5, 0.6) is 0 Å². The van der Waals surface area contributed by atoms with Crippen LogP contribution >= 0.6 is 0 Å². The minimum atomic E-state index is -3.81. The van der Waals surface area contributed by atoms with E-state index in [1.54, 1.807) is 24.3 Å². The van der Waals surface area contributed by atoms with Gasteiger partial charge in [0.15, 0.2) is 0 Å². The lowest BCUT2D eigenvalue weighted by molar-refractivity contribution is -0.384. The third-order valence-corrected chi connectivity index (χ3v) is 5.64. The van der Waals surface area contributed by atoms with E-state index in [0.29, 0.717) is 11.1 Å². The molecule has 0 saturated heterocycles. The number of hydrogen-bond donors (Lipinski definition) is 1. The first-order valence-electron chi connectivity index (χ1n) is 8.74. The number of nitro benzene ring substituents is 1. The van der Waals surface area contributed by atoms with Crippen LogP contribution in [-0.4, -0.2) is 41.2 Å². The summed E-state index contributed by atoms with van der Waals surface area (Å²) in [4.78, 5) is 9.96. The molecule has 162 valence electrons. The summed E-state index contributed by atoms with van der Waals surface area (Å²) in [6, 6.07) is 11.5. The number of non-ortho nitro benzene ring substituents is 1. The lowest BCUT2D eigenvalue weighted by atomic mass is 10.1. The monoisotopic (exact) mass is 462 g/mol. The van der Waals surface area contributed by atoms with Crippen LogP contribution in [-0.2, 0) is 24.3 Å². The summed E-state index contributed by atoms with van der Waals surface area (Å²) in [5.74, 6) is 11.1. The van der Waals surface area contributed by atoms with Crippen molar-refractivity contribution in [3.05, 3.63) is 69.8 Å². The number of benzene rings is 2.